The summed E-state index contributed by atoms with van der Waals surface area (Å²) in [5, 5.41) is 3.47. The number of amidine groups is 1. The zero-order chi connectivity index (χ0) is 23.1. The summed E-state index contributed by atoms with van der Waals surface area (Å²) in [6, 6.07) is 3.90. The summed E-state index contributed by atoms with van der Waals surface area (Å²) in [5.41, 5.74) is 5.60. The summed E-state index contributed by atoms with van der Waals surface area (Å²) in [7, 11) is -4.24. The molecule has 12 heteroatoms. The molecule has 3 N–H and O–H groups in total. The van der Waals surface area contributed by atoms with Gasteiger partial charge >= 0.3 is 6.36 Å². The van der Waals surface area contributed by atoms with Crippen molar-refractivity contribution < 1.29 is 26.3 Å². The molecule has 4 saturated carbocycles. The molecule has 4 bridgehead atoms. The fourth-order valence-electron chi connectivity index (χ4n) is 5.70. The third kappa shape index (κ3) is 5.33. The Bertz CT molecular complexity index is 988. The van der Waals surface area contributed by atoms with Gasteiger partial charge in [0, 0.05) is 5.54 Å². The van der Waals surface area contributed by atoms with Crippen LogP contribution >= 0.6 is 11.8 Å². The van der Waals surface area contributed by atoms with Crippen LogP contribution < -0.4 is 15.8 Å². The maximum Gasteiger partial charge on any atom is 0.573 e. The third-order valence-corrected chi connectivity index (χ3v) is 8.19. The van der Waals surface area contributed by atoms with Crippen LogP contribution in [-0.4, -0.2) is 37.7 Å². The molecule has 0 unspecified atom stereocenters. The molecule has 4 aliphatic carbocycles. The van der Waals surface area contributed by atoms with Crippen molar-refractivity contribution in [3.63, 3.8) is 0 Å². The van der Waals surface area contributed by atoms with E-state index in [1.807, 2.05) is 0 Å². The zero-order valence-corrected chi connectivity index (χ0v) is 19.1. The van der Waals surface area contributed by atoms with Crippen molar-refractivity contribution in [2.45, 2.75) is 55.3 Å². The Hall–Kier alpha value is -1.95. The molecule has 0 heterocycles. The lowest BCUT2D eigenvalue weighted by molar-refractivity contribution is -0.274. The fraction of sp³-hybridized carbons (Fsp3) is 0.600. The number of halogens is 3. The van der Waals surface area contributed by atoms with Gasteiger partial charge in [-0.05, 0) is 86.8 Å². The molecule has 4 aliphatic rings. The Morgan fingerprint density at radius 3 is 2.12 bits per heavy atom. The molecule has 0 radical (unpaired) electrons. The van der Waals surface area contributed by atoms with Crippen molar-refractivity contribution in [2.75, 3.05) is 6.26 Å². The van der Waals surface area contributed by atoms with Crippen LogP contribution in [0.25, 0.3) is 0 Å². The number of aliphatic imine (C=N–C) groups is 1. The SMILES string of the molecule is CS/C(N)=N/C(=N\S(=O)(=O)c1ccc(OC(F)(F)F)cc1)NC12CC3CC(CC(C3)C1)C2. The van der Waals surface area contributed by atoms with Crippen LogP contribution in [0, 0.1) is 17.8 Å². The van der Waals surface area contributed by atoms with Gasteiger partial charge < -0.3 is 15.8 Å². The second kappa shape index (κ2) is 8.44. The van der Waals surface area contributed by atoms with Gasteiger partial charge in [0.25, 0.3) is 10.0 Å². The van der Waals surface area contributed by atoms with Gasteiger partial charge in [-0.2, -0.15) is 13.4 Å². The van der Waals surface area contributed by atoms with Crippen LogP contribution in [0.2, 0.25) is 0 Å². The summed E-state index contributed by atoms with van der Waals surface area (Å²) in [6.45, 7) is 0. The summed E-state index contributed by atoms with van der Waals surface area (Å²) >= 11 is 1.16. The number of hydrogen-bond donors (Lipinski definition) is 2. The number of nitrogens with one attached hydrogen (secondary N) is 1. The third-order valence-electron chi connectivity index (χ3n) is 6.40. The van der Waals surface area contributed by atoms with Crippen molar-refractivity contribution in [1.29, 1.82) is 0 Å². The minimum atomic E-state index is -4.86. The van der Waals surface area contributed by atoms with Gasteiger partial charge in [0.1, 0.15) is 5.75 Å². The average molecular weight is 491 g/mol. The molecular weight excluding hydrogens is 465 g/mol. The maximum atomic E-state index is 12.9. The van der Waals surface area contributed by atoms with E-state index in [1.165, 1.54) is 19.3 Å². The highest BCUT2D eigenvalue weighted by Gasteiger charge is 2.51. The molecule has 0 saturated heterocycles. The predicted molar refractivity (Wildman–Crippen MR) is 117 cm³/mol. The average Bonchev–Trinajstić information content (AvgIpc) is 2.65. The first-order valence-electron chi connectivity index (χ1n) is 10.3. The van der Waals surface area contributed by atoms with Gasteiger partial charge in [0.2, 0.25) is 5.96 Å². The van der Waals surface area contributed by atoms with E-state index in [-0.39, 0.29) is 21.6 Å². The number of nitrogens with two attached hydrogens (primary N) is 1. The number of rotatable bonds is 4. The van der Waals surface area contributed by atoms with Gasteiger partial charge in [-0.15, -0.1) is 17.6 Å². The molecule has 1 aromatic carbocycles. The normalized spacial score (nSPS) is 30.4. The van der Waals surface area contributed by atoms with E-state index in [0.717, 1.165) is 55.3 Å². The van der Waals surface area contributed by atoms with Crippen molar-refractivity contribution >= 4 is 32.9 Å². The van der Waals surface area contributed by atoms with E-state index in [1.54, 1.807) is 6.26 Å². The standard InChI is InChI=1S/C20H25F3N4O3S2/c1-31-17(24)25-18(26-19-9-12-6-13(10-19)8-14(7-12)11-19)27-32(28,29)16-4-2-15(3-5-16)30-20(21,22)23/h2-5,12-14H,6-11H2,1H3,(H3,24,25,26,27). The van der Waals surface area contributed by atoms with Crippen LogP contribution in [0.5, 0.6) is 5.75 Å². The summed E-state index contributed by atoms with van der Waals surface area (Å²) in [5.74, 6) is 1.25. The molecule has 0 spiro atoms. The fourth-order valence-corrected chi connectivity index (χ4v) is 6.78. The van der Waals surface area contributed by atoms with E-state index in [4.69, 9.17) is 5.73 Å². The molecule has 0 atom stereocenters. The van der Waals surface area contributed by atoms with Crippen molar-refractivity contribution in [2.24, 2.45) is 32.9 Å². The second-order valence-electron chi connectivity index (χ2n) is 8.89. The first-order valence-corrected chi connectivity index (χ1v) is 13.0. The predicted octanol–water partition coefficient (Wildman–Crippen LogP) is 3.87. The molecule has 0 amide bonds. The minimum Gasteiger partial charge on any atom is -0.406 e. The molecule has 1 aromatic rings. The van der Waals surface area contributed by atoms with E-state index < -0.39 is 22.1 Å². The van der Waals surface area contributed by atoms with Crippen LogP contribution in [0.1, 0.15) is 38.5 Å². The highest BCUT2D eigenvalue weighted by Crippen LogP contribution is 2.55. The van der Waals surface area contributed by atoms with Gasteiger partial charge in [-0.3, -0.25) is 0 Å². The largest absolute Gasteiger partial charge is 0.573 e. The first kappa shape index (κ1) is 23.2. The number of nitrogens with zero attached hydrogens (tertiary/aromatic N) is 2. The number of guanidine groups is 1. The summed E-state index contributed by atoms with van der Waals surface area (Å²) in [4.78, 5) is 3.92. The Balaban J connectivity index is 1.60. The first-order chi connectivity index (χ1) is 15.0. The number of benzene rings is 1. The van der Waals surface area contributed by atoms with Crippen LogP contribution in [0.3, 0.4) is 0 Å². The highest BCUT2D eigenvalue weighted by atomic mass is 32.2. The van der Waals surface area contributed by atoms with Gasteiger partial charge in [-0.1, -0.05) is 11.8 Å². The smallest absolute Gasteiger partial charge is 0.406 e. The lowest BCUT2D eigenvalue weighted by Gasteiger charge is -2.57. The molecule has 7 nitrogen and oxygen atoms in total. The topological polar surface area (TPSA) is 106 Å². The number of alkyl halides is 3. The quantitative estimate of drug-likeness (QED) is 0.490. The molecule has 5 rings (SSSR count). The molecular formula is C20H25F3N4O3S2. The van der Waals surface area contributed by atoms with E-state index in [2.05, 4.69) is 19.4 Å². The van der Waals surface area contributed by atoms with E-state index in [9.17, 15) is 21.6 Å². The number of sulfonamides is 1. The maximum absolute atomic E-state index is 12.9. The summed E-state index contributed by atoms with van der Waals surface area (Å²) in [6.07, 6.45) is 3.33. The van der Waals surface area contributed by atoms with E-state index in [0.29, 0.717) is 17.8 Å². The Labute approximate surface area is 189 Å². The van der Waals surface area contributed by atoms with Gasteiger partial charge in [0.05, 0.1) is 4.90 Å². The van der Waals surface area contributed by atoms with Gasteiger partial charge in [-0.25, -0.2) is 0 Å². The van der Waals surface area contributed by atoms with Crippen LogP contribution in [0.4, 0.5) is 13.2 Å². The van der Waals surface area contributed by atoms with Crippen molar-refractivity contribution in [1.82, 2.24) is 5.32 Å². The lowest BCUT2D eigenvalue weighted by atomic mass is 9.53. The van der Waals surface area contributed by atoms with Crippen molar-refractivity contribution in [3.05, 3.63) is 24.3 Å². The number of hydrogen-bond acceptors (Lipinski definition) is 4. The monoisotopic (exact) mass is 490 g/mol. The van der Waals surface area contributed by atoms with Crippen LogP contribution in [-0.2, 0) is 10.0 Å². The number of ether oxygens (including phenoxy) is 1. The molecule has 32 heavy (non-hydrogen) atoms. The lowest BCUT2D eigenvalue weighted by Crippen LogP contribution is -2.59. The Kier molecular flexibility index (Phi) is 6.12. The molecule has 4 fully saturated rings. The Morgan fingerprint density at radius 1 is 1.12 bits per heavy atom. The second-order valence-corrected chi connectivity index (χ2v) is 11.3. The highest BCUT2D eigenvalue weighted by molar-refractivity contribution is 8.13. The molecule has 0 aliphatic heterocycles. The molecule has 0 aromatic heterocycles. The van der Waals surface area contributed by atoms with Crippen LogP contribution in [0.15, 0.2) is 38.6 Å². The minimum absolute atomic E-state index is 0.0885. The Morgan fingerprint density at radius 2 is 1.66 bits per heavy atom. The van der Waals surface area contributed by atoms with Crippen molar-refractivity contribution in [3.8, 4) is 5.75 Å². The summed E-state index contributed by atoms with van der Waals surface area (Å²) < 4.78 is 70.5. The molecule has 176 valence electrons. The van der Waals surface area contributed by atoms with Gasteiger partial charge in [0.15, 0.2) is 5.17 Å². The van der Waals surface area contributed by atoms with E-state index >= 15 is 0 Å². The number of thioether (sulfide) groups is 1. The zero-order valence-electron chi connectivity index (χ0n) is 17.4.